The molecule has 0 aliphatic rings. The Kier molecular flexibility index (Phi) is 8.73. The molecule has 1 aromatic rings. The predicted octanol–water partition coefficient (Wildman–Crippen LogP) is 3.54. The maximum absolute atomic E-state index is 11.9. The normalized spacial score (nSPS) is 12.0. The number of aliphatic hydroxyl groups excluding tert-OH is 1. The molecule has 0 fully saturated rings. The first-order chi connectivity index (χ1) is 10.0. The average Bonchev–Trinajstić information content (AvgIpc) is 2.45. The summed E-state index contributed by atoms with van der Waals surface area (Å²) in [6.07, 6.45) is 3.13. The van der Waals surface area contributed by atoms with E-state index in [2.05, 4.69) is 21.2 Å². The van der Waals surface area contributed by atoms with Crippen molar-refractivity contribution in [3.05, 3.63) is 27.7 Å². The molecule has 0 bridgehead atoms. The summed E-state index contributed by atoms with van der Waals surface area (Å²) in [5.74, 6) is 0.448. The number of unbranched alkanes of at least 4 members (excludes halogenated alkanes) is 3. The van der Waals surface area contributed by atoms with Crippen LogP contribution in [0.15, 0.2) is 22.7 Å². The van der Waals surface area contributed by atoms with E-state index in [4.69, 9.17) is 21.4 Å². The van der Waals surface area contributed by atoms with Crippen molar-refractivity contribution in [1.29, 1.82) is 0 Å². The van der Waals surface area contributed by atoms with Gasteiger partial charge in [-0.15, -0.1) is 0 Å². The van der Waals surface area contributed by atoms with Crippen LogP contribution in [0.1, 0.15) is 32.6 Å². The predicted molar refractivity (Wildman–Crippen MR) is 87.8 cm³/mol. The van der Waals surface area contributed by atoms with E-state index in [1.807, 2.05) is 0 Å². The lowest BCUT2D eigenvalue weighted by Crippen LogP contribution is -2.36. The van der Waals surface area contributed by atoms with E-state index in [-0.39, 0.29) is 12.5 Å². The van der Waals surface area contributed by atoms with Crippen molar-refractivity contribution in [3.63, 3.8) is 0 Å². The third-order valence-electron chi connectivity index (χ3n) is 2.95. The van der Waals surface area contributed by atoms with Crippen LogP contribution in [0.25, 0.3) is 0 Å². The third-order valence-corrected chi connectivity index (χ3v) is 3.81. The molecular formula is C15H21BrClNO3. The molecule has 0 aliphatic heterocycles. The van der Waals surface area contributed by atoms with Gasteiger partial charge in [0.05, 0.1) is 4.47 Å². The molecule has 118 valence electrons. The van der Waals surface area contributed by atoms with E-state index in [1.165, 1.54) is 0 Å². The number of carbonyl (C=O) groups excluding carboxylic acids is 1. The fourth-order valence-corrected chi connectivity index (χ4v) is 2.54. The number of halogens is 2. The Balaban J connectivity index is 2.30. The Morgan fingerprint density at radius 1 is 1.38 bits per heavy atom. The molecule has 1 atom stereocenters. The highest BCUT2D eigenvalue weighted by atomic mass is 79.9. The lowest BCUT2D eigenvalue weighted by atomic mass is 10.2. The molecule has 0 saturated heterocycles. The molecule has 1 unspecified atom stereocenters. The van der Waals surface area contributed by atoms with Crippen LogP contribution in [0.3, 0.4) is 0 Å². The van der Waals surface area contributed by atoms with Crippen molar-refractivity contribution >= 4 is 33.4 Å². The van der Waals surface area contributed by atoms with Gasteiger partial charge in [-0.05, 0) is 53.9 Å². The standard InChI is InChI=1S/C15H21BrClNO3/c1-11(15(20)18-8-4-2-3-5-9-19)21-14-7-6-12(17)10-13(14)16/h6-7,10-11,19H,2-5,8-9H2,1H3,(H,18,20). The molecule has 0 aliphatic carbocycles. The molecule has 21 heavy (non-hydrogen) atoms. The lowest BCUT2D eigenvalue weighted by molar-refractivity contribution is -0.127. The average molecular weight is 379 g/mol. The number of rotatable bonds is 9. The van der Waals surface area contributed by atoms with E-state index in [1.54, 1.807) is 25.1 Å². The van der Waals surface area contributed by atoms with Gasteiger partial charge in [-0.25, -0.2) is 0 Å². The van der Waals surface area contributed by atoms with E-state index < -0.39 is 6.10 Å². The van der Waals surface area contributed by atoms with Gasteiger partial charge in [0.2, 0.25) is 0 Å². The van der Waals surface area contributed by atoms with Crippen LogP contribution in [-0.4, -0.2) is 30.3 Å². The Bertz CT molecular complexity index is 457. The second-order valence-electron chi connectivity index (χ2n) is 4.76. The van der Waals surface area contributed by atoms with Crippen LogP contribution in [0.5, 0.6) is 5.75 Å². The zero-order chi connectivity index (χ0) is 15.7. The summed E-state index contributed by atoms with van der Waals surface area (Å²) >= 11 is 9.21. The van der Waals surface area contributed by atoms with Gasteiger partial charge in [-0.3, -0.25) is 4.79 Å². The summed E-state index contributed by atoms with van der Waals surface area (Å²) in [7, 11) is 0. The number of hydrogen-bond donors (Lipinski definition) is 2. The van der Waals surface area contributed by atoms with Gasteiger partial charge in [0.25, 0.3) is 5.91 Å². The van der Waals surface area contributed by atoms with Gasteiger partial charge in [0.1, 0.15) is 5.75 Å². The Hall–Kier alpha value is -0.780. The van der Waals surface area contributed by atoms with Crippen LogP contribution in [0, 0.1) is 0 Å². The first kappa shape index (κ1) is 18.3. The van der Waals surface area contributed by atoms with Crippen LogP contribution >= 0.6 is 27.5 Å². The second-order valence-corrected chi connectivity index (χ2v) is 6.05. The summed E-state index contributed by atoms with van der Waals surface area (Å²) in [6, 6.07) is 5.17. The van der Waals surface area contributed by atoms with Gasteiger partial charge in [-0.2, -0.15) is 0 Å². The molecule has 1 amide bonds. The van der Waals surface area contributed by atoms with Crippen LogP contribution in [0.2, 0.25) is 5.02 Å². The third kappa shape index (κ3) is 7.16. The number of hydrogen-bond acceptors (Lipinski definition) is 3. The minimum Gasteiger partial charge on any atom is -0.480 e. The lowest BCUT2D eigenvalue weighted by Gasteiger charge is -2.15. The first-order valence-electron chi connectivity index (χ1n) is 7.05. The van der Waals surface area contributed by atoms with Crippen molar-refractivity contribution < 1.29 is 14.6 Å². The second kappa shape index (κ2) is 10.0. The number of benzene rings is 1. The highest BCUT2D eigenvalue weighted by Gasteiger charge is 2.15. The summed E-state index contributed by atoms with van der Waals surface area (Å²) < 4.78 is 6.33. The number of ether oxygens (including phenoxy) is 1. The van der Waals surface area contributed by atoms with Crippen LogP contribution in [-0.2, 0) is 4.79 Å². The van der Waals surface area contributed by atoms with E-state index in [9.17, 15) is 4.79 Å². The molecule has 0 spiro atoms. The van der Waals surface area contributed by atoms with Crippen molar-refractivity contribution in [2.24, 2.45) is 0 Å². The number of carbonyl (C=O) groups is 1. The highest BCUT2D eigenvalue weighted by Crippen LogP contribution is 2.28. The largest absolute Gasteiger partial charge is 0.480 e. The smallest absolute Gasteiger partial charge is 0.260 e. The van der Waals surface area contributed by atoms with Gasteiger partial charge in [-0.1, -0.05) is 24.4 Å². The minimum absolute atomic E-state index is 0.140. The SMILES string of the molecule is CC(Oc1ccc(Cl)cc1Br)C(=O)NCCCCCCO. The monoisotopic (exact) mass is 377 g/mol. The molecule has 0 saturated carbocycles. The number of amides is 1. The van der Waals surface area contributed by atoms with Crippen LogP contribution in [0.4, 0.5) is 0 Å². The molecule has 1 rings (SSSR count). The molecular weight excluding hydrogens is 358 g/mol. The Morgan fingerprint density at radius 2 is 2.10 bits per heavy atom. The summed E-state index contributed by atoms with van der Waals surface area (Å²) in [6.45, 7) is 2.56. The molecule has 2 N–H and O–H groups in total. The summed E-state index contributed by atoms with van der Waals surface area (Å²) in [5.41, 5.74) is 0. The maximum Gasteiger partial charge on any atom is 0.260 e. The van der Waals surface area contributed by atoms with E-state index in [0.29, 0.717) is 17.3 Å². The van der Waals surface area contributed by atoms with Crippen molar-refractivity contribution in [1.82, 2.24) is 5.32 Å². The van der Waals surface area contributed by atoms with Crippen molar-refractivity contribution in [3.8, 4) is 5.75 Å². The molecule has 0 radical (unpaired) electrons. The number of nitrogens with one attached hydrogen (secondary N) is 1. The molecule has 0 aromatic heterocycles. The summed E-state index contributed by atoms with van der Waals surface area (Å²) in [4.78, 5) is 11.9. The quantitative estimate of drug-likeness (QED) is 0.646. The Labute approximate surface area is 139 Å². The fourth-order valence-electron chi connectivity index (χ4n) is 1.76. The van der Waals surface area contributed by atoms with Gasteiger partial charge >= 0.3 is 0 Å². The first-order valence-corrected chi connectivity index (χ1v) is 8.22. The number of aliphatic hydroxyl groups is 1. The van der Waals surface area contributed by atoms with Gasteiger partial charge in [0, 0.05) is 18.2 Å². The summed E-state index contributed by atoms with van der Waals surface area (Å²) in [5, 5.41) is 12.1. The van der Waals surface area contributed by atoms with Crippen molar-refractivity contribution in [2.75, 3.05) is 13.2 Å². The molecule has 6 heteroatoms. The van der Waals surface area contributed by atoms with E-state index >= 15 is 0 Å². The topological polar surface area (TPSA) is 58.6 Å². The molecule has 1 aromatic carbocycles. The maximum atomic E-state index is 11.9. The van der Waals surface area contributed by atoms with Crippen LogP contribution < -0.4 is 10.1 Å². The van der Waals surface area contributed by atoms with E-state index in [0.717, 1.165) is 30.2 Å². The molecule has 0 heterocycles. The zero-order valence-corrected chi connectivity index (χ0v) is 14.4. The highest BCUT2D eigenvalue weighted by molar-refractivity contribution is 9.10. The van der Waals surface area contributed by atoms with Gasteiger partial charge in [0.15, 0.2) is 6.10 Å². The molecule has 4 nitrogen and oxygen atoms in total. The zero-order valence-electron chi connectivity index (χ0n) is 12.1. The minimum atomic E-state index is -0.570. The Morgan fingerprint density at radius 3 is 2.76 bits per heavy atom. The fraction of sp³-hybridized carbons (Fsp3) is 0.533. The van der Waals surface area contributed by atoms with Gasteiger partial charge < -0.3 is 15.2 Å². The van der Waals surface area contributed by atoms with Crippen molar-refractivity contribution in [2.45, 2.75) is 38.7 Å².